The number of hydrogen-bond donors (Lipinski definition) is 1. The summed E-state index contributed by atoms with van der Waals surface area (Å²) in [6.45, 7) is 3.89. The SMILES string of the molecule is CC.Nc1nc(Cl)c2cnn(Cc3ccc([N+](=O)[O-])c(C(F)(F)F)c3)c2n1. The number of nitro groups is 1. The summed E-state index contributed by atoms with van der Waals surface area (Å²) in [4.78, 5) is 17.4. The standard InChI is InChI=1S/C13H8ClF3N6O2.C2H6/c14-10-7-4-19-22(11(7)21-12(18)20-10)5-6-1-2-9(23(24)25)8(3-6)13(15,16)17;1-2/h1-4H,5H2,(H2,18,20,21);1-2H3. The lowest BCUT2D eigenvalue weighted by Gasteiger charge is -2.10. The summed E-state index contributed by atoms with van der Waals surface area (Å²) < 4.78 is 40.4. The highest BCUT2D eigenvalue weighted by molar-refractivity contribution is 6.34. The minimum atomic E-state index is -4.86. The van der Waals surface area contributed by atoms with Crippen LogP contribution in [0.5, 0.6) is 0 Å². The summed E-state index contributed by atoms with van der Waals surface area (Å²) >= 11 is 5.91. The first-order valence-corrected chi connectivity index (χ1v) is 8.03. The molecule has 2 N–H and O–H groups in total. The molecule has 0 fully saturated rings. The van der Waals surface area contributed by atoms with Crippen molar-refractivity contribution in [1.29, 1.82) is 0 Å². The molecule has 0 radical (unpaired) electrons. The zero-order chi connectivity index (χ0) is 20.4. The van der Waals surface area contributed by atoms with Crippen LogP contribution in [0, 0.1) is 10.1 Å². The van der Waals surface area contributed by atoms with E-state index in [1.165, 1.54) is 16.9 Å². The van der Waals surface area contributed by atoms with Crippen LogP contribution in [0.1, 0.15) is 25.0 Å². The number of benzene rings is 1. The maximum absolute atomic E-state index is 13.0. The highest BCUT2D eigenvalue weighted by Gasteiger charge is 2.38. The second kappa shape index (κ2) is 7.74. The molecule has 1 aromatic carbocycles. The van der Waals surface area contributed by atoms with Gasteiger partial charge in [0.25, 0.3) is 5.69 Å². The quantitative estimate of drug-likeness (QED) is 0.401. The Kier molecular flexibility index (Phi) is 5.84. The van der Waals surface area contributed by atoms with Crippen LogP contribution in [0.4, 0.5) is 24.8 Å². The van der Waals surface area contributed by atoms with E-state index < -0.39 is 22.4 Å². The number of fused-ring (bicyclic) bond motifs is 1. The fraction of sp³-hybridized carbons (Fsp3) is 0.267. The molecule has 144 valence electrons. The minimum absolute atomic E-state index is 0.0634. The number of nitrogen functional groups attached to an aromatic ring is 1. The smallest absolute Gasteiger partial charge is 0.368 e. The molecule has 0 saturated carbocycles. The maximum atomic E-state index is 13.0. The van der Waals surface area contributed by atoms with Crippen molar-refractivity contribution in [2.24, 2.45) is 0 Å². The Bertz CT molecular complexity index is 990. The molecule has 0 spiro atoms. The maximum Gasteiger partial charge on any atom is 0.423 e. The lowest BCUT2D eigenvalue weighted by Crippen LogP contribution is -2.11. The molecular formula is C15H14ClF3N6O2. The Morgan fingerprint density at radius 3 is 2.56 bits per heavy atom. The number of alkyl halides is 3. The molecular weight excluding hydrogens is 389 g/mol. The van der Waals surface area contributed by atoms with E-state index >= 15 is 0 Å². The van der Waals surface area contributed by atoms with E-state index in [1.54, 1.807) is 0 Å². The molecule has 0 aliphatic carbocycles. The van der Waals surface area contributed by atoms with E-state index in [2.05, 4.69) is 15.1 Å². The van der Waals surface area contributed by atoms with Crippen molar-refractivity contribution in [3.63, 3.8) is 0 Å². The third-order valence-corrected chi connectivity index (χ3v) is 3.65. The molecule has 0 aliphatic rings. The zero-order valence-corrected chi connectivity index (χ0v) is 14.9. The number of rotatable bonds is 3. The van der Waals surface area contributed by atoms with Gasteiger partial charge in [0.15, 0.2) is 5.65 Å². The highest BCUT2D eigenvalue weighted by Crippen LogP contribution is 2.36. The largest absolute Gasteiger partial charge is 0.423 e. The van der Waals surface area contributed by atoms with Crippen molar-refractivity contribution < 1.29 is 18.1 Å². The predicted molar refractivity (Wildman–Crippen MR) is 93.3 cm³/mol. The summed E-state index contributed by atoms with van der Waals surface area (Å²) in [5.74, 6) is -0.112. The summed E-state index contributed by atoms with van der Waals surface area (Å²) in [5.41, 5.74) is 3.55. The number of hydrogen-bond acceptors (Lipinski definition) is 6. The second-order valence-corrected chi connectivity index (χ2v) is 5.38. The minimum Gasteiger partial charge on any atom is -0.368 e. The van der Waals surface area contributed by atoms with E-state index in [0.29, 0.717) is 11.5 Å². The molecule has 0 unspecified atom stereocenters. The van der Waals surface area contributed by atoms with Crippen LogP contribution in [0.2, 0.25) is 5.15 Å². The molecule has 3 rings (SSSR count). The molecule has 0 atom stereocenters. The molecule has 8 nitrogen and oxygen atoms in total. The lowest BCUT2D eigenvalue weighted by atomic mass is 10.1. The van der Waals surface area contributed by atoms with Crippen molar-refractivity contribution in [2.75, 3.05) is 5.73 Å². The van der Waals surface area contributed by atoms with Crippen LogP contribution in [0.15, 0.2) is 24.4 Å². The van der Waals surface area contributed by atoms with Crippen LogP contribution in [0.3, 0.4) is 0 Å². The molecule has 0 aliphatic heterocycles. The van der Waals surface area contributed by atoms with E-state index in [0.717, 1.165) is 6.07 Å². The Labute approximate surface area is 155 Å². The Balaban J connectivity index is 0.00000126. The van der Waals surface area contributed by atoms with E-state index in [4.69, 9.17) is 17.3 Å². The first kappa shape index (κ1) is 20.4. The number of anilines is 1. The first-order valence-electron chi connectivity index (χ1n) is 7.66. The lowest BCUT2D eigenvalue weighted by molar-refractivity contribution is -0.388. The number of nitrogens with two attached hydrogens (primary N) is 1. The molecule has 2 heterocycles. The van der Waals surface area contributed by atoms with E-state index in [1.807, 2.05) is 13.8 Å². The molecule has 3 aromatic rings. The fourth-order valence-electron chi connectivity index (χ4n) is 2.29. The molecule has 0 bridgehead atoms. The van der Waals surface area contributed by atoms with Gasteiger partial charge in [-0.15, -0.1) is 0 Å². The van der Waals surface area contributed by atoms with E-state index in [-0.39, 0.29) is 28.9 Å². The van der Waals surface area contributed by atoms with Crippen LogP contribution in [0.25, 0.3) is 11.0 Å². The van der Waals surface area contributed by atoms with Gasteiger partial charge in [-0.2, -0.15) is 23.3 Å². The summed E-state index contributed by atoms with van der Waals surface area (Å²) in [7, 11) is 0. The second-order valence-electron chi connectivity index (χ2n) is 5.02. The van der Waals surface area contributed by atoms with Crippen molar-refractivity contribution in [2.45, 2.75) is 26.6 Å². The zero-order valence-electron chi connectivity index (χ0n) is 14.2. The van der Waals surface area contributed by atoms with Gasteiger partial charge >= 0.3 is 6.18 Å². The molecule has 2 aromatic heterocycles. The van der Waals surface area contributed by atoms with Crippen LogP contribution >= 0.6 is 11.6 Å². The third-order valence-electron chi connectivity index (χ3n) is 3.36. The predicted octanol–water partition coefficient (Wildman–Crippen LogP) is 4.06. The Hall–Kier alpha value is -2.95. The van der Waals surface area contributed by atoms with Crippen LogP contribution in [-0.4, -0.2) is 24.7 Å². The van der Waals surface area contributed by atoms with Gasteiger partial charge in [0, 0.05) is 6.07 Å². The summed E-state index contributed by atoms with van der Waals surface area (Å²) in [5, 5.41) is 15.2. The van der Waals surface area contributed by atoms with Crippen LogP contribution in [-0.2, 0) is 12.7 Å². The topological polar surface area (TPSA) is 113 Å². The van der Waals surface area contributed by atoms with Gasteiger partial charge in [-0.3, -0.25) is 10.1 Å². The Morgan fingerprint density at radius 1 is 1.30 bits per heavy atom. The van der Waals surface area contributed by atoms with Gasteiger partial charge in [-0.05, 0) is 11.6 Å². The van der Waals surface area contributed by atoms with Gasteiger partial charge in [0.1, 0.15) is 10.7 Å². The van der Waals surface area contributed by atoms with E-state index in [9.17, 15) is 23.3 Å². The van der Waals surface area contributed by atoms with Gasteiger partial charge in [-0.1, -0.05) is 31.5 Å². The van der Waals surface area contributed by atoms with Gasteiger partial charge < -0.3 is 5.73 Å². The monoisotopic (exact) mass is 402 g/mol. The molecule has 0 saturated heterocycles. The highest BCUT2D eigenvalue weighted by atomic mass is 35.5. The summed E-state index contributed by atoms with van der Waals surface area (Å²) in [6, 6.07) is 2.73. The molecule has 27 heavy (non-hydrogen) atoms. The number of aromatic nitrogens is 4. The Morgan fingerprint density at radius 2 is 1.96 bits per heavy atom. The summed E-state index contributed by atoms with van der Waals surface area (Å²) in [6.07, 6.45) is -3.51. The van der Waals surface area contributed by atoms with Gasteiger partial charge in [-0.25, -0.2) is 9.67 Å². The number of halogens is 4. The van der Waals surface area contributed by atoms with Crippen molar-refractivity contribution >= 4 is 34.3 Å². The molecule has 12 heteroatoms. The third kappa shape index (κ3) is 4.25. The fourth-order valence-corrected chi connectivity index (χ4v) is 2.51. The number of nitro benzene ring substituents is 1. The van der Waals surface area contributed by atoms with Gasteiger partial charge in [0.05, 0.1) is 23.1 Å². The number of nitrogens with zero attached hydrogens (tertiary/aromatic N) is 5. The first-order chi connectivity index (χ1) is 12.7. The average molecular weight is 403 g/mol. The van der Waals surface area contributed by atoms with Crippen LogP contribution < -0.4 is 5.73 Å². The van der Waals surface area contributed by atoms with Gasteiger partial charge in [0.2, 0.25) is 5.95 Å². The normalized spacial score (nSPS) is 11.2. The average Bonchev–Trinajstić information content (AvgIpc) is 2.99. The molecule has 0 amide bonds. The van der Waals surface area contributed by atoms with Crippen molar-refractivity contribution in [3.8, 4) is 0 Å². The van der Waals surface area contributed by atoms with Crippen molar-refractivity contribution in [3.05, 3.63) is 50.8 Å². The van der Waals surface area contributed by atoms with Crippen molar-refractivity contribution in [1.82, 2.24) is 19.7 Å².